The first-order valence-electron chi connectivity index (χ1n) is 6.96. The lowest BCUT2D eigenvalue weighted by Crippen LogP contribution is -2.35. The van der Waals surface area contributed by atoms with Gasteiger partial charge in [0.1, 0.15) is 5.78 Å². The maximum absolute atomic E-state index is 11.4. The van der Waals surface area contributed by atoms with Gasteiger partial charge < -0.3 is 5.32 Å². The molecular formula is C14H29NO. The van der Waals surface area contributed by atoms with Gasteiger partial charge in [0.05, 0.1) is 6.04 Å². The Balaban J connectivity index is 3.48. The van der Waals surface area contributed by atoms with Crippen LogP contribution >= 0.6 is 0 Å². The van der Waals surface area contributed by atoms with E-state index in [1.807, 2.05) is 0 Å². The van der Waals surface area contributed by atoms with E-state index in [-0.39, 0.29) is 6.04 Å². The van der Waals surface area contributed by atoms with Crippen molar-refractivity contribution in [3.8, 4) is 0 Å². The fourth-order valence-electron chi connectivity index (χ4n) is 1.90. The molecule has 0 saturated carbocycles. The van der Waals surface area contributed by atoms with Crippen LogP contribution in [0, 0.1) is 0 Å². The van der Waals surface area contributed by atoms with E-state index in [2.05, 4.69) is 19.2 Å². The maximum atomic E-state index is 11.4. The topological polar surface area (TPSA) is 29.1 Å². The van der Waals surface area contributed by atoms with Crippen molar-refractivity contribution < 1.29 is 4.79 Å². The second-order valence-corrected chi connectivity index (χ2v) is 4.67. The van der Waals surface area contributed by atoms with Gasteiger partial charge in [-0.3, -0.25) is 4.79 Å². The van der Waals surface area contributed by atoms with Crippen LogP contribution in [-0.4, -0.2) is 18.4 Å². The summed E-state index contributed by atoms with van der Waals surface area (Å²) in [7, 11) is 0. The van der Waals surface area contributed by atoms with Gasteiger partial charge in [-0.15, -0.1) is 0 Å². The van der Waals surface area contributed by atoms with Crippen LogP contribution in [0.1, 0.15) is 72.1 Å². The standard InChI is InChI=1S/C14H29NO/c1-4-6-7-8-9-10-11-14(13(3)16)15-12-5-2/h14-15H,4-12H2,1-3H3. The Kier molecular flexibility index (Phi) is 10.9. The average Bonchev–Trinajstić information content (AvgIpc) is 2.26. The number of hydrogen-bond acceptors (Lipinski definition) is 2. The minimum Gasteiger partial charge on any atom is -0.307 e. The van der Waals surface area contributed by atoms with Crippen molar-refractivity contribution in [3.63, 3.8) is 0 Å². The Morgan fingerprint density at radius 2 is 1.62 bits per heavy atom. The van der Waals surface area contributed by atoms with E-state index < -0.39 is 0 Å². The van der Waals surface area contributed by atoms with Crippen molar-refractivity contribution >= 4 is 5.78 Å². The van der Waals surface area contributed by atoms with Crippen molar-refractivity contribution in [1.82, 2.24) is 5.32 Å². The molecule has 2 nitrogen and oxygen atoms in total. The van der Waals surface area contributed by atoms with Crippen molar-refractivity contribution in [3.05, 3.63) is 0 Å². The van der Waals surface area contributed by atoms with E-state index in [1.165, 1.54) is 38.5 Å². The minimum absolute atomic E-state index is 0.103. The summed E-state index contributed by atoms with van der Waals surface area (Å²) < 4.78 is 0. The second kappa shape index (κ2) is 11.1. The van der Waals surface area contributed by atoms with Gasteiger partial charge in [0.25, 0.3) is 0 Å². The quantitative estimate of drug-likeness (QED) is 0.545. The molecule has 0 spiro atoms. The smallest absolute Gasteiger partial charge is 0.146 e. The number of carbonyl (C=O) groups excluding carboxylic acids is 1. The van der Waals surface area contributed by atoms with Crippen LogP contribution in [0.5, 0.6) is 0 Å². The van der Waals surface area contributed by atoms with Crippen LogP contribution in [0.2, 0.25) is 0 Å². The Labute approximate surface area is 101 Å². The summed E-state index contributed by atoms with van der Waals surface area (Å²) >= 11 is 0. The molecule has 0 heterocycles. The molecule has 0 radical (unpaired) electrons. The summed E-state index contributed by atoms with van der Waals surface area (Å²) in [6, 6.07) is 0.103. The van der Waals surface area contributed by atoms with E-state index in [1.54, 1.807) is 6.92 Å². The number of ketones is 1. The molecule has 0 rings (SSSR count). The first-order chi connectivity index (χ1) is 7.72. The van der Waals surface area contributed by atoms with Gasteiger partial charge in [-0.2, -0.15) is 0 Å². The van der Waals surface area contributed by atoms with E-state index >= 15 is 0 Å². The van der Waals surface area contributed by atoms with Crippen molar-refractivity contribution in [1.29, 1.82) is 0 Å². The molecule has 16 heavy (non-hydrogen) atoms. The fraction of sp³-hybridized carbons (Fsp3) is 0.929. The highest BCUT2D eigenvalue weighted by Crippen LogP contribution is 2.09. The average molecular weight is 227 g/mol. The highest BCUT2D eigenvalue weighted by molar-refractivity contribution is 5.81. The van der Waals surface area contributed by atoms with Gasteiger partial charge >= 0.3 is 0 Å². The molecule has 0 aromatic rings. The van der Waals surface area contributed by atoms with Gasteiger partial charge in [-0.1, -0.05) is 52.4 Å². The molecule has 0 bridgehead atoms. The predicted molar refractivity (Wildman–Crippen MR) is 70.8 cm³/mol. The number of hydrogen-bond donors (Lipinski definition) is 1. The zero-order valence-electron chi connectivity index (χ0n) is 11.3. The lowest BCUT2D eigenvalue weighted by Gasteiger charge is -2.14. The van der Waals surface area contributed by atoms with E-state index in [0.717, 1.165) is 19.4 Å². The first kappa shape index (κ1) is 15.6. The summed E-state index contributed by atoms with van der Waals surface area (Å²) in [5, 5.41) is 3.32. The molecule has 0 fully saturated rings. The first-order valence-corrected chi connectivity index (χ1v) is 6.96. The molecule has 0 aromatic carbocycles. The Hall–Kier alpha value is -0.370. The molecule has 0 saturated heterocycles. The molecule has 0 aliphatic heterocycles. The van der Waals surface area contributed by atoms with Crippen LogP contribution in [0.3, 0.4) is 0 Å². The third kappa shape index (κ3) is 8.90. The number of carbonyl (C=O) groups is 1. The van der Waals surface area contributed by atoms with Gasteiger partial charge in [0.2, 0.25) is 0 Å². The molecule has 0 amide bonds. The number of nitrogens with one attached hydrogen (secondary N) is 1. The molecule has 0 aliphatic carbocycles. The fourth-order valence-corrected chi connectivity index (χ4v) is 1.90. The largest absolute Gasteiger partial charge is 0.307 e. The zero-order valence-corrected chi connectivity index (χ0v) is 11.3. The van der Waals surface area contributed by atoms with Gasteiger partial charge in [0, 0.05) is 0 Å². The normalized spacial score (nSPS) is 12.7. The lowest BCUT2D eigenvalue weighted by atomic mass is 10.0. The van der Waals surface area contributed by atoms with E-state index in [4.69, 9.17) is 0 Å². The van der Waals surface area contributed by atoms with Gasteiger partial charge in [-0.25, -0.2) is 0 Å². The maximum Gasteiger partial charge on any atom is 0.146 e. The molecule has 2 heteroatoms. The van der Waals surface area contributed by atoms with Crippen LogP contribution in [0.25, 0.3) is 0 Å². The van der Waals surface area contributed by atoms with Gasteiger partial charge in [0.15, 0.2) is 0 Å². The monoisotopic (exact) mass is 227 g/mol. The van der Waals surface area contributed by atoms with Crippen LogP contribution in [-0.2, 0) is 4.79 Å². The highest BCUT2D eigenvalue weighted by atomic mass is 16.1. The Morgan fingerprint density at radius 1 is 1.00 bits per heavy atom. The number of rotatable bonds is 11. The van der Waals surface area contributed by atoms with E-state index in [9.17, 15) is 4.79 Å². The summed E-state index contributed by atoms with van der Waals surface area (Å²) in [6.07, 6.45) is 9.90. The minimum atomic E-state index is 0.103. The Bertz CT molecular complexity index is 168. The van der Waals surface area contributed by atoms with Crippen molar-refractivity contribution in [2.24, 2.45) is 0 Å². The molecule has 1 atom stereocenters. The predicted octanol–water partition coefficient (Wildman–Crippen LogP) is 3.69. The number of Topliss-reactive ketones (excluding diaryl/α,β-unsaturated/α-hetero) is 1. The zero-order chi connectivity index (χ0) is 12.2. The second-order valence-electron chi connectivity index (χ2n) is 4.67. The summed E-state index contributed by atoms with van der Waals surface area (Å²) in [5.74, 6) is 0.294. The molecular weight excluding hydrogens is 198 g/mol. The molecule has 1 N–H and O–H groups in total. The highest BCUT2D eigenvalue weighted by Gasteiger charge is 2.11. The summed E-state index contributed by atoms with van der Waals surface area (Å²) in [5.41, 5.74) is 0. The van der Waals surface area contributed by atoms with Crippen LogP contribution in [0.4, 0.5) is 0 Å². The van der Waals surface area contributed by atoms with Crippen LogP contribution < -0.4 is 5.32 Å². The van der Waals surface area contributed by atoms with Crippen molar-refractivity contribution in [2.45, 2.75) is 78.2 Å². The van der Waals surface area contributed by atoms with Crippen LogP contribution in [0.15, 0.2) is 0 Å². The van der Waals surface area contributed by atoms with E-state index in [0.29, 0.717) is 5.78 Å². The summed E-state index contributed by atoms with van der Waals surface area (Å²) in [6.45, 7) is 7.03. The SMILES string of the molecule is CCCCCCCCC(NCCC)C(C)=O. The summed E-state index contributed by atoms with van der Waals surface area (Å²) in [4.78, 5) is 11.4. The molecule has 1 unspecified atom stereocenters. The van der Waals surface area contributed by atoms with Gasteiger partial charge in [-0.05, 0) is 26.3 Å². The van der Waals surface area contributed by atoms with Crippen molar-refractivity contribution in [2.75, 3.05) is 6.54 Å². The third-order valence-corrected chi connectivity index (χ3v) is 2.98. The lowest BCUT2D eigenvalue weighted by molar-refractivity contribution is -0.119. The Morgan fingerprint density at radius 3 is 2.19 bits per heavy atom. The molecule has 0 aliphatic rings. The molecule has 0 aromatic heterocycles. The third-order valence-electron chi connectivity index (χ3n) is 2.98. The molecule has 96 valence electrons. The number of unbranched alkanes of at least 4 members (excludes halogenated alkanes) is 5.